The van der Waals surface area contributed by atoms with E-state index in [0.717, 1.165) is 17.6 Å². The first-order chi connectivity index (χ1) is 10.9. The van der Waals surface area contributed by atoms with Gasteiger partial charge in [-0.25, -0.2) is 8.78 Å². The van der Waals surface area contributed by atoms with Crippen molar-refractivity contribution in [2.45, 2.75) is 33.3 Å². The number of benzene rings is 2. The summed E-state index contributed by atoms with van der Waals surface area (Å²) >= 11 is 0. The second-order valence-corrected chi connectivity index (χ2v) is 7.27. The van der Waals surface area contributed by atoms with E-state index in [1.165, 1.54) is 23.3 Å². The van der Waals surface area contributed by atoms with Gasteiger partial charge in [0.15, 0.2) is 11.6 Å². The number of allylic oxidation sites excluding steroid dienone is 1. The summed E-state index contributed by atoms with van der Waals surface area (Å²) in [6, 6.07) is 10.7. The van der Waals surface area contributed by atoms with Crippen LogP contribution in [0, 0.1) is 17.0 Å². The molecule has 0 aromatic heterocycles. The first-order valence-electron chi connectivity index (χ1n) is 7.85. The molecule has 118 valence electrons. The van der Waals surface area contributed by atoms with Gasteiger partial charge in [-0.3, -0.25) is 0 Å². The molecular weight excluding hydrogens is 294 g/mol. The van der Waals surface area contributed by atoms with Crippen molar-refractivity contribution in [1.29, 1.82) is 0 Å². The fourth-order valence-electron chi connectivity index (χ4n) is 3.76. The number of rotatable bonds is 0. The second-order valence-electron chi connectivity index (χ2n) is 7.27. The molecular formula is C20H18F2O. The summed E-state index contributed by atoms with van der Waals surface area (Å²) in [5.41, 5.74) is 5.14. The van der Waals surface area contributed by atoms with Crippen LogP contribution in [0.1, 0.15) is 37.5 Å². The highest BCUT2D eigenvalue weighted by Crippen LogP contribution is 2.52. The molecule has 0 fully saturated rings. The Balaban J connectivity index is 2.05. The largest absolute Gasteiger partial charge is 0.485 e. The summed E-state index contributed by atoms with van der Waals surface area (Å²) in [5, 5.41) is 0. The van der Waals surface area contributed by atoms with Crippen LogP contribution < -0.4 is 4.74 Å². The predicted molar refractivity (Wildman–Crippen MR) is 87.2 cm³/mol. The molecule has 0 N–H and O–H groups in total. The Morgan fingerprint density at radius 2 is 1.70 bits per heavy atom. The highest BCUT2D eigenvalue weighted by molar-refractivity contribution is 6.00. The van der Waals surface area contributed by atoms with Crippen molar-refractivity contribution in [3.05, 3.63) is 64.7 Å². The van der Waals surface area contributed by atoms with Gasteiger partial charge in [-0.05, 0) is 28.2 Å². The van der Waals surface area contributed by atoms with Gasteiger partial charge in [-0.15, -0.1) is 0 Å². The Morgan fingerprint density at radius 3 is 2.43 bits per heavy atom. The van der Waals surface area contributed by atoms with Crippen LogP contribution in [0.5, 0.6) is 5.75 Å². The van der Waals surface area contributed by atoms with E-state index in [9.17, 15) is 8.78 Å². The normalized spacial score (nSPS) is 19.1. The van der Waals surface area contributed by atoms with E-state index in [2.05, 4.69) is 32.9 Å². The van der Waals surface area contributed by atoms with E-state index in [0.29, 0.717) is 11.3 Å². The summed E-state index contributed by atoms with van der Waals surface area (Å²) in [4.78, 5) is 0. The summed E-state index contributed by atoms with van der Waals surface area (Å²) < 4.78 is 33.3. The van der Waals surface area contributed by atoms with Crippen LogP contribution in [0.25, 0.3) is 11.1 Å². The minimum Gasteiger partial charge on any atom is -0.485 e. The zero-order valence-corrected chi connectivity index (χ0v) is 13.4. The van der Waals surface area contributed by atoms with E-state index in [4.69, 9.17) is 4.74 Å². The second kappa shape index (κ2) is 4.67. The van der Waals surface area contributed by atoms with Crippen molar-refractivity contribution in [2.24, 2.45) is 5.41 Å². The molecule has 0 radical (unpaired) electrons. The molecule has 1 heterocycles. The molecule has 1 nitrogen and oxygen atoms in total. The van der Waals surface area contributed by atoms with Crippen molar-refractivity contribution < 1.29 is 13.5 Å². The van der Waals surface area contributed by atoms with Crippen LogP contribution in [0.4, 0.5) is 8.78 Å². The molecule has 0 bridgehead atoms. The first-order valence-corrected chi connectivity index (χ1v) is 7.85. The minimum atomic E-state index is -0.863. The highest BCUT2D eigenvalue weighted by atomic mass is 19.2. The molecule has 4 rings (SSSR count). The third-order valence-electron chi connectivity index (χ3n) is 4.62. The maximum Gasteiger partial charge on any atom is 0.162 e. The molecule has 0 spiro atoms. The quantitative estimate of drug-likeness (QED) is 0.646. The Labute approximate surface area is 134 Å². The third kappa shape index (κ3) is 2.10. The van der Waals surface area contributed by atoms with Gasteiger partial charge in [-0.1, -0.05) is 45.0 Å². The smallest absolute Gasteiger partial charge is 0.162 e. The standard InChI is InChI=1S/C20H18F2O/c1-20(2,3)19-12-7-5-4-6-11(12)8-17-18(19)13-9-14(21)15(22)10-16(13)23-17/h4-7,9-10,17H,8H2,1-3H3. The molecule has 23 heavy (non-hydrogen) atoms. The van der Waals surface area contributed by atoms with Crippen molar-refractivity contribution in [2.75, 3.05) is 0 Å². The van der Waals surface area contributed by atoms with Crippen LogP contribution in [-0.4, -0.2) is 6.10 Å². The van der Waals surface area contributed by atoms with E-state index < -0.39 is 11.6 Å². The van der Waals surface area contributed by atoms with Crippen LogP contribution in [0.15, 0.2) is 36.4 Å². The molecule has 1 aliphatic heterocycles. The summed E-state index contributed by atoms with van der Waals surface area (Å²) in [6.45, 7) is 6.44. The lowest BCUT2D eigenvalue weighted by atomic mass is 9.71. The van der Waals surface area contributed by atoms with E-state index in [1.54, 1.807) is 0 Å². The monoisotopic (exact) mass is 312 g/mol. The SMILES string of the molecule is CC(C)(C)C1=C2c3cc(F)c(F)cc3OC2Cc2ccccc21. The molecule has 2 aromatic rings. The lowest BCUT2D eigenvalue weighted by Gasteiger charge is -2.33. The Bertz CT molecular complexity index is 843. The van der Waals surface area contributed by atoms with Gasteiger partial charge in [0.25, 0.3) is 0 Å². The molecule has 1 unspecified atom stereocenters. The summed E-state index contributed by atoms with van der Waals surface area (Å²) in [5.74, 6) is -1.25. The Hall–Kier alpha value is -2.16. The number of ether oxygens (including phenoxy) is 1. The first kappa shape index (κ1) is 14.4. The van der Waals surface area contributed by atoms with Crippen LogP contribution >= 0.6 is 0 Å². The topological polar surface area (TPSA) is 9.23 Å². The Kier molecular flexibility index (Phi) is 2.93. The van der Waals surface area contributed by atoms with Crippen LogP contribution in [0.3, 0.4) is 0 Å². The van der Waals surface area contributed by atoms with Gasteiger partial charge >= 0.3 is 0 Å². The fourth-order valence-corrected chi connectivity index (χ4v) is 3.76. The molecule has 1 atom stereocenters. The maximum atomic E-state index is 13.8. The summed E-state index contributed by atoms with van der Waals surface area (Å²) in [7, 11) is 0. The van der Waals surface area contributed by atoms with Gasteiger partial charge in [0, 0.05) is 23.6 Å². The number of hydrogen-bond donors (Lipinski definition) is 0. The molecule has 0 saturated carbocycles. The third-order valence-corrected chi connectivity index (χ3v) is 4.62. The van der Waals surface area contributed by atoms with Crippen molar-refractivity contribution in [1.82, 2.24) is 0 Å². The molecule has 2 aliphatic rings. The molecule has 0 saturated heterocycles. The van der Waals surface area contributed by atoms with Crippen molar-refractivity contribution >= 4 is 11.1 Å². The molecule has 2 aromatic carbocycles. The number of fused-ring (bicyclic) bond motifs is 4. The van der Waals surface area contributed by atoms with Gasteiger partial charge in [0.2, 0.25) is 0 Å². The molecule has 1 aliphatic carbocycles. The van der Waals surface area contributed by atoms with Gasteiger partial charge in [-0.2, -0.15) is 0 Å². The minimum absolute atomic E-state index is 0.125. The number of halogens is 2. The van der Waals surface area contributed by atoms with Crippen LogP contribution in [-0.2, 0) is 6.42 Å². The number of hydrogen-bond acceptors (Lipinski definition) is 1. The zero-order valence-electron chi connectivity index (χ0n) is 13.4. The average Bonchev–Trinajstić information content (AvgIpc) is 2.81. The Morgan fingerprint density at radius 1 is 1.00 bits per heavy atom. The van der Waals surface area contributed by atoms with E-state index in [-0.39, 0.29) is 11.5 Å². The van der Waals surface area contributed by atoms with E-state index >= 15 is 0 Å². The lowest BCUT2D eigenvalue weighted by Crippen LogP contribution is -2.25. The maximum absolute atomic E-state index is 13.8. The summed E-state index contributed by atoms with van der Waals surface area (Å²) in [6.07, 6.45) is 0.554. The predicted octanol–water partition coefficient (Wildman–Crippen LogP) is 5.24. The van der Waals surface area contributed by atoms with Gasteiger partial charge < -0.3 is 4.74 Å². The van der Waals surface area contributed by atoms with Crippen molar-refractivity contribution in [3.63, 3.8) is 0 Å². The molecule has 0 amide bonds. The van der Waals surface area contributed by atoms with Gasteiger partial charge in [0.1, 0.15) is 11.9 Å². The van der Waals surface area contributed by atoms with E-state index in [1.807, 2.05) is 12.1 Å². The fraction of sp³-hybridized carbons (Fsp3) is 0.300. The zero-order chi connectivity index (χ0) is 16.4. The molecule has 3 heteroatoms. The highest BCUT2D eigenvalue weighted by Gasteiger charge is 2.40. The van der Waals surface area contributed by atoms with Crippen LogP contribution in [0.2, 0.25) is 0 Å². The van der Waals surface area contributed by atoms with Gasteiger partial charge in [0.05, 0.1) is 0 Å². The lowest BCUT2D eigenvalue weighted by molar-refractivity contribution is 0.273. The van der Waals surface area contributed by atoms with Crippen molar-refractivity contribution in [3.8, 4) is 5.75 Å². The average molecular weight is 312 g/mol.